The Morgan fingerprint density at radius 1 is 1.13 bits per heavy atom. The Morgan fingerprint density at radius 3 is 2.83 bits per heavy atom. The first-order chi connectivity index (χ1) is 11.1. The molecular formula is C16H13Cl2N3S2. The van der Waals surface area contributed by atoms with Gasteiger partial charge in [0.1, 0.15) is 0 Å². The highest BCUT2D eigenvalue weighted by molar-refractivity contribution is 7.99. The zero-order chi connectivity index (χ0) is 16.2. The molecule has 2 aromatic carbocycles. The van der Waals surface area contributed by atoms with E-state index >= 15 is 0 Å². The van der Waals surface area contributed by atoms with Gasteiger partial charge in [-0.2, -0.15) is 16.9 Å². The monoisotopic (exact) mass is 381 g/mol. The number of hydrogen-bond acceptors (Lipinski definition) is 3. The summed E-state index contributed by atoms with van der Waals surface area (Å²) < 4.78 is 0. The van der Waals surface area contributed by atoms with Crippen molar-refractivity contribution >= 4 is 63.7 Å². The van der Waals surface area contributed by atoms with Crippen molar-refractivity contribution in [3.05, 3.63) is 63.6 Å². The molecule has 3 rings (SSSR count). The van der Waals surface area contributed by atoms with Crippen LogP contribution in [0.2, 0.25) is 10.0 Å². The van der Waals surface area contributed by atoms with E-state index in [2.05, 4.69) is 28.0 Å². The summed E-state index contributed by atoms with van der Waals surface area (Å²) in [7, 11) is 0. The Hall–Kier alpha value is -1.27. The van der Waals surface area contributed by atoms with Crippen molar-refractivity contribution in [1.29, 1.82) is 0 Å². The SMILES string of the molecule is S=C(NN=C1CSCc2ccccc21)Nc1cc(Cl)ccc1Cl. The molecule has 118 valence electrons. The summed E-state index contributed by atoms with van der Waals surface area (Å²) in [5.74, 6) is 1.86. The fraction of sp³-hybridized carbons (Fsp3) is 0.125. The lowest BCUT2D eigenvalue weighted by molar-refractivity contribution is 1.04. The van der Waals surface area contributed by atoms with E-state index in [-0.39, 0.29) is 0 Å². The van der Waals surface area contributed by atoms with Crippen molar-refractivity contribution in [3.63, 3.8) is 0 Å². The van der Waals surface area contributed by atoms with Gasteiger partial charge in [0.25, 0.3) is 0 Å². The number of benzene rings is 2. The van der Waals surface area contributed by atoms with E-state index in [1.165, 1.54) is 11.1 Å². The Labute approximate surface area is 154 Å². The standard InChI is InChI=1S/C16H13Cl2N3S2/c17-11-5-6-13(18)14(7-11)19-16(22)21-20-15-9-23-8-10-3-1-2-4-12(10)15/h1-7H,8-9H2,(H2,19,21,22). The van der Waals surface area contributed by atoms with Gasteiger partial charge >= 0.3 is 0 Å². The number of thiocarbonyl (C=S) groups is 1. The minimum Gasteiger partial charge on any atom is -0.330 e. The molecule has 0 aliphatic carbocycles. The fourth-order valence-corrected chi connectivity index (χ4v) is 3.70. The van der Waals surface area contributed by atoms with Crippen molar-refractivity contribution in [1.82, 2.24) is 5.43 Å². The van der Waals surface area contributed by atoms with Gasteiger partial charge in [-0.25, -0.2) is 0 Å². The highest BCUT2D eigenvalue weighted by Gasteiger charge is 2.15. The third-order valence-electron chi connectivity index (χ3n) is 3.29. The second-order valence-electron chi connectivity index (χ2n) is 4.90. The highest BCUT2D eigenvalue weighted by atomic mass is 35.5. The maximum absolute atomic E-state index is 6.11. The van der Waals surface area contributed by atoms with E-state index in [1.54, 1.807) is 18.2 Å². The highest BCUT2D eigenvalue weighted by Crippen LogP contribution is 2.26. The van der Waals surface area contributed by atoms with Crippen LogP contribution in [0, 0.1) is 0 Å². The molecule has 2 N–H and O–H groups in total. The smallest absolute Gasteiger partial charge is 0.191 e. The molecule has 0 amide bonds. The number of anilines is 1. The molecule has 0 saturated carbocycles. The number of hydrazone groups is 1. The number of thioether (sulfide) groups is 1. The Kier molecular flexibility index (Phi) is 5.43. The maximum atomic E-state index is 6.11. The van der Waals surface area contributed by atoms with Crippen LogP contribution in [0.15, 0.2) is 47.6 Å². The van der Waals surface area contributed by atoms with Crippen LogP contribution in [0.1, 0.15) is 11.1 Å². The van der Waals surface area contributed by atoms with E-state index in [0.717, 1.165) is 17.2 Å². The van der Waals surface area contributed by atoms with E-state index in [9.17, 15) is 0 Å². The number of hydrogen-bond donors (Lipinski definition) is 2. The van der Waals surface area contributed by atoms with Crippen molar-refractivity contribution < 1.29 is 0 Å². The predicted molar refractivity (Wildman–Crippen MR) is 105 cm³/mol. The number of rotatable bonds is 2. The molecule has 0 saturated heterocycles. The van der Waals surface area contributed by atoms with Crippen molar-refractivity contribution in [3.8, 4) is 0 Å². The largest absolute Gasteiger partial charge is 0.330 e. The van der Waals surface area contributed by atoms with E-state index in [0.29, 0.717) is 20.8 Å². The molecule has 0 aromatic heterocycles. The van der Waals surface area contributed by atoms with E-state index < -0.39 is 0 Å². The zero-order valence-corrected chi connectivity index (χ0v) is 15.1. The number of halogens is 2. The van der Waals surface area contributed by atoms with Crippen LogP contribution in [-0.2, 0) is 5.75 Å². The lowest BCUT2D eigenvalue weighted by Gasteiger charge is -2.17. The van der Waals surface area contributed by atoms with Gasteiger partial charge in [-0.05, 0) is 36.0 Å². The van der Waals surface area contributed by atoms with Crippen LogP contribution in [0.5, 0.6) is 0 Å². The number of fused-ring (bicyclic) bond motifs is 1. The molecule has 23 heavy (non-hydrogen) atoms. The fourth-order valence-electron chi connectivity index (χ4n) is 2.22. The number of nitrogens with zero attached hydrogens (tertiary/aromatic N) is 1. The average molecular weight is 382 g/mol. The summed E-state index contributed by atoms with van der Waals surface area (Å²) >= 11 is 19.2. The second kappa shape index (κ2) is 7.53. The molecule has 0 bridgehead atoms. The van der Waals surface area contributed by atoms with Crippen LogP contribution in [0.3, 0.4) is 0 Å². The van der Waals surface area contributed by atoms with Gasteiger partial charge in [0.2, 0.25) is 0 Å². The summed E-state index contributed by atoms with van der Waals surface area (Å²) in [6.45, 7) is 0. The molecule has 7 heteroatoms. The first kappa shape index (κ1) is 16.6. The second-order valence-corrected chi connectivity index (χ2v) is 7.14. The Balaban J connectivity index is 1.71. The summed E-state index contributed by atoms with van der Waals surface area (Å²) in [5, 5.41) is 8.95. The van der Waals surface area contributed by atoms with E-state index in [1.807, 2.05) is 23.9 Å². The first-order valence-electron chi connectivity index (χ1n) is 6.88. The lowest BCUT2D eigenvalue weighted by atomic mass is 10.1. The third-order valence-corrected chi connectivity index (χ3v) is 5.04. The number of nitrogens with one attached hydrogen (secondary N) is 2. The summed E-state index contributed by atoms with van der Waals surface area (Å²) in [4.78, 5) is 0. The first-order valence-corrected chi connectivity index (χ1v) is 9.20. The van der Waals surface area contributed by atoms with Gasteiger partial charge in [-0.15, -0.1) is 0 Å². The lowest BCUT2D eigenvalue weighted by Crippen LogP contribution is -2.27. The van der Waals surface area contributed by atoms with Crippen molar-refractivity contribution in [2.45, 2.75) is 5.75 Å². The van der Waals surface area contributed by atoms with Gasteiger partial charge in [0.05, 0.1) is 16.4 Å². The van der Waals surface area contributed by atoms with Gasteiger partial charge in [-0.3, -0.25) is 5.43 Å². The molecule has 3 nitrogen and oxygen atoms in total. The molecule has 0 atom stereocenters. The third kappa shape index (κ3) is 4.18. The topological polar surface area (TPSA) is 36.4 Å². The molecule has 1 aliphatic rings. The molecule has 2 aromatic rings. The summed E-state index contributed by atoms with van der Waals surface area (Å²) in [5.41, 5.74) is 6.98. The van der Waals surface area contributed by atoms with Crippen LogP contribution in [0.25, 0.3) is 0 Å². The maximum Gasteiger partial charge on any atom is 0.191 e. The molecule has 0 fully saturated rings. The normalized spacial score (nSPS) is 15.1. The van der Waals surface area contributed by atoms with Crippen LogP contribution in [0.4, 0.5) is 5.69 Å². The van der Waals surface area contributed by atoms with E-state index in [4.69, 9.17) is 35.4 Å². The molecule has 0 spiro atoms. The van der Waals surface area contributed by atoms with Crippen LogP contribution < -0.4 is 10.7 Å². The van der Waals surface area contributed by atoms with Gasteiger partial charge in [0.15, 0.2) is 5.11 Å². The van der Waals surface area contributed by atoms with Crippen molar-refractivity contribution in [2.24, 2.45) is 5.10 Å². The zero-order valence-electron chi connectivity index (χ0n) is 12.0. The minimum absolute atomic E-state index is 0.370. The van der Waals surface area contributed by atoms with Crippen LogP contribution >= 0.6 is 47.2 Å². The van der Waals surface area contributed by atoms with Gasteiger partial charge in [0, 0.05) is 22.1 Å². The molecule has 1 heterocycles. The summed E-state index contributed by atoms with van der Waals surface area (Å²) in [6.07, 6.45) is 0. The Bertz CT molecular complexity index is 778. The molecule has 0 unspecified atom stereocenters. The van der Waals surface area contributed by atoms with Crippen molar-refractivity contribution in [2.75, 3.05) is 11.1 Å². The molecule has 0 radical (unpaired) electrons. The summed E-state index contributed by atoms with van der Waals surface area (Å²) in [6, 6.07) is 13.4. The molecular weight excluding hydrogens is 369 g/mol. The average Bonchev–Trinajstić information content (AvgIpc) is 2.56. The Morgan fingerprint density at radius 2 is 1.96 bits per heavy atom. The quantitative estimate of drug-likeness (QED) is 0.570. The van der Waals surface area contributed by atoms with Gasteiger partial charge < -0.3 is 5.32 Å². The predicted octanol–water partition coefficient (Wildman–Crippen LogP) is 4.93. The minimum atomic E-state index is 0.370. The van der Waals surface area contributed by atoms with Crippen LogP contribution in [-0.4, -0.2) is 16.6 Å². The molecule has 1 aliphatic heterocycles. The van der Waals surface area contributed by atoms with Gasteiger partial charge in [-0.1, -0.05) is 47.5 Å².